The lowest BCUT2D eigenvalue weighted by atomic mass is 10.1. The summed E-state index contributed by atoms with van der Waals surface area (Å²) in [6.07, 6.45) is 2.67. The topological polar surface area (TPSA) is 63.7 Å². The standard InChI is InChI=1S/C16H27NO4/c1-12(2)6-9-21-10-7-14(18)5-4-8-17-15(19)11-13(3)16(17)20/h12-13H,4-11H2,1-3H3. The number of likely N-dealkylation sites (tertiary alicyclic amines) is 1. The fraction of sp³-hybridized carbons (Fsp3) is 0.812. The summed E-state index contributed by atoms with van der Waals surface area (Å²) in [6.45, 7) is 7.55. The lowest BCUT2D eigenvalue weighted by molar-refractivity contribution is -0.139. The average Bonchev–Trinajstić information content (AvgIpc) is 2.64. The van der Waals surface area contributed by atoms with E-state index >= 15 is 0 Å². The summed E-state index contributed by atoms with van der Waals surface area (Å²) < 4.78 is 5.40. The second-order valence-corrected chi connectivity index (χ2v) is 6.18. The Morgan fingerprint density at radius 2 is 2.00 bits per heavy atom. The van der Waals surface area contributed by atoms with E-state index in [1.54, 1.807) is 6.92 Å². The molecule has 1 unspecified atom stereocenters. The highest BCUT2D eigenvalue weighted by molar-refractivity contribution is 6.03. The summed E-state index contributed by atoms with van der Waals surface area (Å²) in [6, 6.07) is 0. The summed E-state index contributed by atoms with van der Waals surface area (Å²) >= 11 is 0. The monoisotopic (exact) mass is 297 g/mol. The first-order valence-electron chi connectivity index (χ1n) is 7.85. The van der Waals surface area contributed by atoms with E-state index in [-0.39, 0.29) is 23.5 Å². The Morgan fingerprint density at radius 1 is 1.29 bits per heavy atom. The smallest absolute Gasteiger partial charge is 0.232 e. The Bertz CT molecular complexity index is 378. The number of ketones is 1. The molecule has 120 valence electrons. The van der Waals surface area contributed by atoms with E-state index < -0.39 is 0 Å². The minimum absolute atomic E-state index is 0.107. The van der Waals surface area contributed by atoms with Crippen molar-refractivity contribution in [2.24, 2.45) is 11.8 Å². The number of hydrogen-bond donors (Lipinski definition) is 0. The molecule has 5 heteroatoms. The third-order valence-corrected chi connectivity index (χ3v) is 3.67. The maximum absolute atomic E-state index is 11.7. The van der Waals surface area contributed by atoms with Crippen molar-refractivity contribution in [1.82, 2.24) is 4.90 Å². The molecule has 0 aromatic carbocycles. The number of hydrogen-bond acceptors (Lipinski definition) is 4. The number of ether oxygens (including phenoxy) is 1. The van der Waals surface area contributed by atoms with Crippen LogP contribution < -0.4 is 0 Å². The van der Waals surface area contributed by atoms with Crippen LogP contribution in [0.1, 0.15) is 52.9 Å². The van der Waals surface area contributed by atoms with Crippen LogP contribution in [0.25, 0.3) is 0 Å². The molecule has 1 rings (SSSR count). The molecule has 1 fully saturated rings. The van der Waals surface area contributed by atoms with E-state index in [0.717, 1.165) is 6.42 Å². The SMILES string of the molecule is CC(C)CCOCCC(=O)CCCN1C(=O)CC(C)C1=O. The molecule has 5 nitrogen and oxygen atoms in total. The van der Waals surface area contributed by atoms with Gasteiger partial charge in [0.2, 0.25) is 11.8 Å². The lowest BCUT2D eigenvalue weighted by Crippen LogP contribution is -2.31. The number of Topliss-reactive ketones (excluding diaryl/α,β-unsaturated/α-hetero) is 1. The Kier molecular flexibility index (Phi) is 7.57. The van der Waals surface area contributed by atoms with Crippen molar-refractivity contribution in [2.75, 3.05) is 19.8 Å². The largest absolute Gasteiger partial charge is 0.381 e. The molecule has 0 N–H and O–H groups in total. The Morgan fingerprint density at radius 3 is 2.57 bits per heavy atom. The minimum Gasteiger partial charge on any atom is -0.381 e. The van der Waals surface area contributed by atoms with Crippen molar-refractivity contribution in [3.05, 3.63) is 0 Å². The van der Waals surface area contributed by atoms with Crippen LogP contribution in [-0.4, -0.2) is 42.3 Å². The van der Waals surface area contributed by atoms with E-state index in [0.29, 0.717) is 51.4 Å². The van der Waals surface area contributed by atoms with Gasteiger partial charge in [-0.25, -0.2) is 0 Å². The highest BCUT2D eigenvalue weighted by atomic mass is 16.5. The normalized spacial score (nSPS) is 18.9. The first-order valence-corrected chi connectivity index (χ1v) is 7.85. The van der Waals surface area contributed by atoms with Crippen LogP contribution in [-0.2, 0) is 19.1 Å². The number of carbonyl (C=O) groups excluding carboxylic acids is 3. The van der Waals surface area contributed by atoms with E-state index in [4.69, 9.17) is 4.74 Å². The number of nitrogens with zero attached hydrogens (tertiary/aromatic N) is 1. The van der Waals surface area contributed by atoms with Gasteiger partial charge in [-0.05, 0) is 18.8 Å². The third-order valence-electron chi connectivity index (χ3n) is 3.67. The molecule has 1 saturated heterocycles. The quantitative estimate of drug-likeness (QED) is 0.458. The van der Waals surface area contributed by atoms with Crippen LogP contribution in [0.15, 0.2) is 0 Å². The van der Waals surface area contributed by atoms with E-state index in [1.807, 2.05) is 0 Å². The molecule has 0 aromatic rings. The molecule has 21 heavy (non-hydrogen) atoms. The summed E-state index contributed by atoms with van der Waals surface area (Å²) in [7, 11) is 0. The molecule has 1 aliphatic rings. The molecule has 0 aromatic heterocycles. The molecule has 0 spiro atoms. The van der Waals surface area contributed by atoms with Crippen molar-refractivity contribution in [1.29, 1.82) is 0 Å². The van der Waals surface area contributed by atoms with Crippen molar-refractivity contribution in [2.45, 2.75) is 52.9 Å². The summed E-state index contributed by atoms with van der Waals surface area (Å²) in [5.74, 6) is 0.314. The first-order chi connectivity index (χ1) is 9.91. The lowest BCUT2D eigenvalue weighted by Gasteiger charge is -2.13. The molecule has 0 radical (unpaired) electrons. The second kappa shape index (κ2) is 8.93. The van der Waals surface area contributed by atoms with Crippen LogP contribution in [0.4, 0.5) is 0 Å². The number of amides is 2. The Balaban J connectivity index is 2.08. The second-order valence-electron chi connectivity index (χ2n) is 6.18. The number of carbonyl (C=O) groups is 3. The Labute approximate surface area is 127 Å². The molecule has 1 atom stereocenters. The summed E-state index contributed by atoms with van der Waals surface area (Å²) in [4.78, 5) is 36.2. The van der Waals surface area contributed by atoms with Crippen LogP contribution in [0.5, 0.6) is 0 Å². The maximum atomic E-state index is 11.7. The van der Waals surface area contributed by atoms with Crippen molar-refractivity contribution >= 4 is 17.6 Å². The highest BCUT2D eigenvalue weighted by Gasteiger charge is 2.34. The zero-order chi connectivity index (χ0) is 15.8. The molecule has 0 saturated carbocycles. The minimum atomic E-state index is -0.206. The van der Waals surface area contributed by atoms with Crippen LogP contribution in [0, 0.1) is 11.8 Å². The molecule has 0 bridgehead atoms. The molecular formula is C16H27NO4. The predicted molar refractivity (Wildman–Crippen MR) is 79.6 cm³/mol. The summed E-state index contributed by atoms with van der Waals surface area (Å²) in [5, 5.41) is 0. The van der Waals surface area contributed by atoms with Gasteiger partial charge in [0, 0.05) is 38.3 Å². The van der Waals surface area contributed by atoms with E-state index in [9.17, 15) is 14.4 Å². The van der Waals surface area contributed by atoms with Crippen molar-refractivity contribution in [3.63, 3.8) is 0 Å². The van der Waals surface area contributed by atoms with Gasteiger partial charge < -0.3 is 4.74 Å². The third kappa shape index (κ3) is 6.38. The van der Waals surface area contributed by atoms with Crippen molar-refractivity contribution < 1.29 is 19.1 Å². The van der Waals surface area contributed by atoms with Gasteiger partial charge in [-0.15, -0.1) is 0 Å². The maximum Gasteiger partial charge on any atom is 0.232 e. The number of rotatable bonds is 10. The van der Waals surface area contributed by atoms with Gasteiger partial charge in [0.1, 0.15) is 5.78 Å². The fourth-order valence-corrected chi connectivity index (χ4v) is 2.25. The van der Waals surface area contributed by atoms with Crippen molar-refractivity contribution in [3.8, 4) is 0 Å². The zero-order valence-corrected chi connectivity index (χ0v) is 13.4. The average molecular weight is 297 g/mol. The van der Waals surface area contributed by atoms with E-state index in [1.165, 1.54) is 4.90 Å². The van der Waals surface area contributed by atoms with Crippen LogP contribution in [0.2, 0.25) is 0 Å². The summed E-state index contributed by atoms with van der Waals surface area (Å²) in [5.41, 5.74) is 0. The Hall–Kier alpha value is -1.23. The zero-order valence-electron chi connectivity index (χ0n) is 13.4. The van der Waals surface area contributed by atoms with Crippen LogP contribution in [0.3, 0.4) is 0 Å². The molecule has 1 aliphatic heterocycles. The van der Waals surface area contributed by atoms with Gasteiger partial charge in [0.05, 0.1) is 6.61 Å². The van der Waals surface area contributed by atoms with Gasteiger partial charge >= 0.3 is 0 Å². The first kappa shape index (κ1) is 17.8. The molecule has 0 aliphatic carbocycles. The van der Waals surface area contributed by atoms with Gasteiger partial charge in [0.15, 0.2) is 0 Å². The molecular weight excluding hydrogens is 270 g/mol. The molecule has 2 amide bonds. The number of imide groups is 1. The fourth-order valence-electron chi connectivity index (χ4n) is 2.25. The van der Waals surface area contributed by atoms with Gasteiger partial charge in [0.25, 0.3) is 0 Å². The van der Waals surface area contributed by atoms with Gasteiger partial charge in [-0.3, -0.25) is 19.3 Å². The highest BCUT2D eigenvalue weighted by Crippen LogP contribution is 2.19. The van der Waals surface area contributed by atoms with Gasteiger partial charge in [-0.1, -0.05) is 20.8 Å². The van der Waals surface area contributed by atoms with Crippen LogP contribution >= 0.6 is 0 Å². The van der Waals surface area contributed by atoms with Gasteiger partial charge in [-0.2, -0.15) is 0 Å². The predicted octanol–water partition coefficient (Wildman–Crippen LogP) is 2.18. The molecule has 1 heterocycles. The van der Waals surface area contributed by atoms with E-state index in [2.05, 4.69) is 13.8 Å².